The molecular weight excluding hydrogens is 330 g/mol. The Balaban J connectivity index is 1.94. The second kappa shape index (κ2) is 8.43. The van der Waals surface area contributed by atoms with E-state index in [-0.39, 0.29) is 5.78 Å². The smallest absolute Gasteiger partial charge is 0.294 e. The van der Waals surface area contributed by atoms with Gasteiger partial charge in [0.05, 0.1) is 0 Å². The molecular formula is C21H21NO4. The van der Waals surface area contributed by atoms with Crippen LogP contribution in [0.15, 0.2) is 66.7 Å². The summed E-state index contributed by atoms with van der Waals surface area (Å²) in [6.45, 7) is 0. The van der Waals surface area contributed by atoms with E-state index in [4.69, 9.17) is 4.84 Å². The van der Waals surface area contributed by atoms with Gasteiger partial charge in [0, 0.05) is 5.92 Å². The number of allylic oxidation sites excluding steroid dienone is 1. The number of ketones is 1. The number of hydrogen-bond acceptors (Lipinski definition) is 4. The van der Waals surface area contributed by atoms with Gasteiger partial charge in [-0.1, -0.05) is 73.5 Å². The van der Waals surface area contributed by atoms with Crippen molar-refractivity contribution in [2.24, 2.45) is 5.92 Å². The molecule has 0 unspecified atom stereocenters. The number of carbonyl (C=O) groups is 1. The standard InChI is InChI=1S/C21H21NO4/c23-20(18-13-7-8-14-21(18)26-22(24)25)15-19(16-9-3-1-4-10-16)17-11-5-2-6-12-17/h1-6,9-12,15,18,21H,7-8,13-14H2/t18-,21+/m0/s1. The van der Waals surface area contributed by atoms with Gasteiger partial charge in [-0.25, -0.2) is 0 Å². The first-order valence-corrected chi connectivity index (χ1v) is 8.82. The Morgan fingerprint density at radius 1 is 0.962 bits per heavy atom. The topological polar surface area (TPSA) is 69.4 Å². The maximum atomic E-state index is 13.0. The summed E-state index contributed by atoms with van der Waals surface area (Å²) in [5.41, 5.74) is 2.70. The van der Waals surface area contributed by atoms with Crippen molar-refractivity contribution in [3.63, 3.8) is 0 Å². The predicted molar refractivity (Wildman–Crippen MR) is 98.8 cm³/mol. The van der Waals surface area contributed by atoms with Crippen molar-refractivity contribution in [2.75, 3.05) is 0 Å². The van der Waals surface area contributed by atoms with E-state index in [2.05, 4.69) is 0 Å². The summed E-state index contributed by atoms with van der Waals surface area (Å²) in [6, 6.07) is 19.4. The van der Waals surface area contributed by atoms with E-state index in [0.29, 0.717) is 12.8 Å². The van der Waals surface area contributed by atoms with Crippen molar-refractivity contribution in [1.82, 2.24) is 0 Å². The van der Waals surface area contributed by atoms with Gasteiger partial charge < -0.3 is 4.84 Å². The number of nitrogens with zero attached hydrogens (tertiary/aromatic N) is 1. The molecule has 134 valence electrons. The molecule has 0 N–H and O–H groups in total. The third-order valence-electron chi connectivity index (χ3n) is 4.75. The fraction of sp³-hybridized carbons (Fsp3) is 0.286. The predicted octanol–water partition coefficient (Wildman–Crippen LogP) is 4.45. The van der Waals surface area contributed by atoms with Crippen molar-refractivity contribution >= 4 is 11.4 Å². The highest BCUT2D eigenvalue weighted by Gasteiger charge is 2.32. The van der Waals surface area contributed by atoms with E-state index >= 15 is 0 Å². The molecule has 0 aliphatic heterocycles. The fourth-order valence-electron chi connectivity index (χ4n) is 3.48. The lowest BCUT2D eigenvalue weighted by atomic mass is 9.82. The van der Waals surface area contributed by atoms with Gasteiger partial charge in [0.2, 0.25) is 0 Å². The monoisotopic (exact) mass is 351 g/mol. The van der Waals surface area contributed by atoms with E-state index in [1.165, 1.54) is 0 Å². The van der Waals surface area contributed by atoms with E-state index in [9.17, 15) is 14.9 Å². The fourth-order valence-corrected chi connectivity index (χ4v) is 3.48. The van der Waals surface area contributed by atoms with Crippen LogP contribution in [0.2, 0.25) is 0 Å². The second-order valence-corrected chi connectivity index (χ2v) is 6.45. The molecule has 0 saturated heterocycles. The third kappa shape index (κ3) is 4.36. The van der Waals surface area contributed by atoms with E-state index < -0.39 is 17.1 Å². The highest BCUT2D eigenvalue weighted by Crippen LogP contribution is 2.30. The van der Waals surface area contributed by atoms with Gasteiger partial charge in [-0.3, -0.25) is 4.79 Å². The van der Waals surface area contributed by atoms with Crippen molar-refractivity contribution in [3.8, 4) is 0 Å². The van der Waals surface area contributed by atoms with Crippen molar-refractivity contribution in [1.29, 1.82) is 0 Å². The Labute approximate surface area is 152 Å². The van der Waals surface area contributed by atoms with Gasteiger partial charge in [-0.05, 0) is 35.6 Å². The zero-order valence-corrected chi connectivity index (χ0v) is 14.4. The molecule has 2 aromatic carbocycles. The first-order valence-electron chi connectivity index (χ1n) is 8.82. The van der Waals surface area contributed by atoms with Crippen LogP contribution in [-0.2, 0) is 9.63 Å². The zero-order valence-electron chi connectivity index (χ0n) is 14.4. The molecule has 0 spiro atoms. The van der Waals surface area contributed by atoms with Crippen LogP contribution in [0, 0.1) is 16.0 Å². The minimum Gasteiger partial charge on any atom is -0.310 e. The SMILES string of the molecule is O=C(C=C(c1ccccc1)c1ccccc1)[C@@H]1CCCC[C@H]1O[N+](=O)[O-]. The first kappa shape index (κ1) is 17.9. The second-order valence-electron chi connectivity index (χ2n) is 6.45. The average Bonchev–Trinajstić information content (AvgIpc) is 2.67. The maximum absolute atomic E-state index is 13.0. The quantitative estimate of drug-likeness (QED) is 0.438. The lowest BCUT2D eigenvalue weighted by Gasteiger charge is -2.28. The van der Waals surface area contributed by atoms with Gasteiger partial charge in [-0.15, -0.1) is 10.1 Å². The normalized spacial score (nSPS) is 19.4. The highest BCUT2D eigenvalue weighted by atomic mass is 17.0. The number of rotatable bonds is 6. The molecule has 0 bridgehead atoms. The van der Waals surface area contributed by atoms with Crippen LogP contribution in [0.5, 0.6) is 0 Å². The summed E-state index contributed by atoms with van der Waals surface area (Å²) in [4.78, 5) is 28.5. The molecule has 26 heavy (non-hydrogen) atoms. The van der Waals surface area contributed by atoms with Gasteiger partial charge in [0.15, 0.2) is 5.78 Å². The van der Waals surface area contributed by atoms with E-state index in [1.807, 2.05) is 60.7 Å². The molecule has 0 aromatic heterocycles. The van der Waals surface area contributed by atoms with Crippen molar-refractivity contribution < 1.29 is 14.7 Å². The molecule has 3 rings (SSSR count). The highest BCUT2D eigenvalue weighted by molar-refractivity contribution is 6.01. The molecule has 2 atom stereocenters. The number of carbonyl (C=O) groups excluding carboxylic acids is 1. The van der Waals surface area contributed by atoms with Crippen LogP contribution in [0.25, 0.3) is 5.57 Å². The molecule has 5 nitrogen and oxygen atoms in total. The Morgan fingerprint density at radius 2 is 1.50 bits per heavy atom. The molecule has 1 aliphatic rings. The van der Waals surface area contributed by atoms with Gasteiger partial charge >= 0.3 is 0 Å². The lowest BCUT2D eigenvalue weighted by Crippen LogP contribution is -2.34. The number of hydrogen-bond donors (Lipinski definition) is 0. The minimum atomic E-state index is -0.782. The number of benzene rings is 2. The minimum absolute atomic E-state index is 0.112. The summed E-state index contributed by atoms with van der Waals surface area (Å²) in [5, 5.41) is 9.98. The molecule has 1 saturated carbocycles. The third-order valence-corrected chi connectivity index (χ3v) is 4.75. The van der Waals surface area contributed by atoms with Gasteiger partial charge in [-0.2, -0.15) is 0 Å². The van der Waals surface area contributed by atoms with Crippen molar-refractivity contribution in [2.45, 2.75) is 31.8 Å². The summed E-state index contributed by atoms with van der Waals surface area (Å²) in [6.07, 6.45) is 3.85. The van der Waals surface area contributed by atoms with Crippen LogP contribution in [-0.4, -0.2) is 17.0 Å². The van der Waals surface area contributed by atoms with E-state index in [0.717, 1.165) is 29.5 Å². The molecule has 1 aliphatic carbocycles. The van der Waals surface area contributed by atoms with Gasteiger partial charge in [0.1, 0.15) is 6.10 Å². The largest absolute Gasteiger partial charge is 0.310 e. The van der Waals surface area contributed by atoms with Crippen LogP contribution in [0.1, 0.15) is 36.8 Å². The Bertz CT molecular complexity index is 745. The van der Waals surface area contributed by atoms with Crippen molar-refractivity contribution in [3.05, 3.63) is 88.0 Å². The summed E-state index contributed by atoms with van der Waals surface area (Å²) in [7, 11) is 0. The summed E-state index contributed by atoms with van der Waals surface area (Å²) < 4.78 is 0. The molecule has 5 heteroatoms. The summed E-state index contributed by atoms with van der Waals surface area (Å²) in [5.74, 6) is -0.587. The summed E-state index contributed by atoms with van der Waals surface area (Å²) >= 11 is 0. The molecule has 0 amide bonds. The Morgan fingerprint density at radius 3 is 2.04 bits per heavy atom. The van der Waals surface area contributed by atoms with Crippen LogP contribution >= 0.6 is 0 Å². The van der Waals surface area contributed by atoms with Gasteiger partial charge in [0.25, 0.3) is 5.09 Å². The van der Waals surface area contributed by atoms with Crippen LogP contribution in [0.3, 0.4) is 0 Å². The Kier molecular flexibility index (Phi) is 5.79. The maximum Gasteiger partial charge on any atom is 0.294 e. The first-order chi connectivity index (χ1) is 12.6. The Hall–Kier alpha value is -2.95. The van der Waals surface area contributed by atoms with Crippen LogP contribution < -0.4 is 0 Å². The average molecular weight is 351 g/mol. The molecule has 1 fully saturated rings. The molecule has 0 heterocycles. The lowest BCUT2D eigenvalue weighted by molar-refractivity contribution is -0.770. The van der Waals surface area contributed by atoms with E-state index in [1.54, 1.807) is 6.08 Å². The van der Waals surface area contributed by atoms with Crippen LogP contribution in [0.4, 0.5) is 0 Å². The zero-order chi connectivity index (χ0) is 18.4. The molecule has 2 aromatic rings. The molecule has 0 radical (unpaired) electrons.